The molecular weight excluding hydrogens is 202 g/mol. The van der Waals surface area contributed by atoms with E-state index >= 15 is 0 Å². The van der Waals surface area contributed by atoms with Crippen molar-refractivity contribution in [1.29, 1.82) is 0 Å². The third-order valence-corrected chi connectivity index (χ3v) is 2.35. The van der Waals surface area contributed by atoms with Gasteiger partial charge in [-0.05, 0) is 31.0 Å². The quantitative estimate of drug-likeness (QED) is 0.565. The van der Waals surface area contributed by atoms with Crippen molar-refractivity contribution in [3.05, 3.63) is 35.4 Å². The molecular formula is C11H8F2O2. The standard InChI is InChI=1S/C11H8F2O2/c12-8-4-3-7(5-9(8)13)11(15)10(14)6-1-2-6/h3-6H,1-2H2. The van der Waals surface area contributed by atoms with Crippen molar-refractivity contribution in [1.82, 2.24) is 0 Å². The summed E-state index contributed by atoms with van der Waals surface area (Å²) in [7, 11) is 0. The van der Waals surface area contributed by atoms with E-state index in [1.54, 1.807) is 0 Å². The van der Waals surface area contributed by atoms with E-state index in [9.17, 15) is 18.4 Å². The summed E-state index contributed by atoms with van der Waals surface area (Å²) in [4.78, 5) is 22.8. The van der Waals surface area contributed by atoms with Crippen LogP contribution in [0, 0.1) is 17.6 Å². The number of hydrogen-bond acceptors (Lipinski definition) is 2. The predicted octanol–water partition coefficient (Wildman–Crippen LogP) is 2.13. The highest BCUT2D eigenvalue weighted by Crippen LogP contribution is 2.31. The molecule has 0 unspecified atom stereocenters. The van der Waals surface area contributed by atoms with E-state index in [0.717, 1.165) is 18.2 Å². The largest absolute Gasteiger partial charge is 0.290 e. The van der Waals surface area contributed by atoms with Crippen molar-refractivity contribution in [2.24, 2.45) is 5.92 Å². The first-order valence-electron chi connectivity index (χ1n) is 4.63. The predicted molar refractivity (Wildman–Crippen MR) is 48.4 cm³/mol. The molecule has 4 heteroatoms. The molecule has 1 aromatic rings. The lowest BCUT2D eigenvalue weighted by molar-refractivity contribution is -0.116. The van der Waals surface area contributed by atoms with Gasteiger partial charge in [-0.3, -0.25) is 9.59 Å². The van der Waals surface area contributed by atoms with E-state index < -0.39 is 23.2 Å². The van der Waals surface area contributed by atoms with Gasteiger partial charge in [0.05, 0.1) is 0 Å². The maximum absolute atomic E-state index is 12.8. The Hall–Kier alpha value is -1.58. The molecule has 15 heavy (non-hydrogen) atoms. The zero-order valence-electron chi connectivity index (χ0n) is 7.80. The van der Waals surface area contributed by atoms with Crippen LogP contribution in [0.15, 0.2) is 18.2 Å². The number of halogens is 2. The molecule has 0 saturated heterocycles. The summed E-state index contributed by atoms with van der Waals surface area (Å²) in [6.45, 7) is 0. The summed E-state index contributed by atoms with van der Waals surface area (Å²) in [5, 5.41) is 0. The first-order valence-corrected chi connectivity index (χ1v) is 4.63. The van der Waals surface area contributed by atoms with Crippen molar-refractivity contribution in [2.45, 2.75) is 12.8 Å². The number of carbonyl (C=O) groups is 2. The molecule has 2 nitrogen and oxygen atoms in total. The van der Waals surface area contributed by atoms with Crippen molar-refractivity contribution in [3.8, 4) is 0 Å². The van der Waals surface area contributed by atoms with Gasteiger partial charge in [0.2, 0.25) is 11.6 Å². The Bertz CT molecular complexity index is 436. The molecule has 1 aliphatic carbocycles. The zero-order chi connectivity index (χ0) is 11.0. The summed E-state index contributed by atoms with van der Waals surface area (Å²) in [5.41, 5.74) is -0.0780. The van der Waals surface area contributed by atoms with Gasteiger partial charge in [0, 0.05) is 11.5 Å². The van der Waals surface area contributed by atoms with E-state index in [1.165, 1.54) is 0 Å². The lowest BCUT2D eigenvalue weighted by Gasteiger charge is -1.99. The van der Waals surface area contributed by atoms with Gasteiger partial charge in [-0.15, -0.1) is 0 Å². The van der Waals surface area contributed by atoms with Crippen LogP contribution in [0.25, 0.3) is 0 Å². The molecule has 0 atom stereocenters. The lowest BCUT2D eigenvalue weighted by atomic mass is 10.0. The Morgan fingerprint density at radius 1 is 1.13 bits per heavy atom. The highest BCUT2D eigenvalue weighted by molar-refractivity contribution is 6.44. The molecule has 0 spiro atoms. The first-order chi connectivity index (χ1) is 7.09. The van der Waals surface area contributed by atoms with E-state index in [4.69, 9.17) is 0 Å². The highest BCUT2D eigenvalue weighted by Gasteiger charge is 2.34. The third-order valence-electron chi connectivity index (χ3n) is 2.35. The molecule has 2 rings (SSSR count). The highest BCUT2D eigenvalue weighted by atomic mass is 19.2. The second-order valence-electron chi connectivity index (χ2n) is 3.60. The van der Waals surface area contributed by atoms with Gasteiger partial charge >= 0.3 is 0 Å². The summed E-state index contributed by atoms with van der Waals surface area (Å²) >= 11 is 0. The van der Waals surface area contributed by atoms with E-state index in [-0.39, 0.29) is 11.5 Å². The summed E-state index contributed by atoms with van der Waals surface area (Å²) < 4.78 is 25.3. The number of rotatable bonds is 3. The number of benzene rings is 1. The van der Waals surface area contributed by atoms with Crippen LogP contribution in [0.4, 0.5) is 8.78 Å². The second kappa shape index (κ2) is 3.53. The third kappa shape index (κ3) is 1.93. The summed E-state index contributed by atoms with van der Waals surface area (Å²) in [5.74, 6) is -3.56. The molecule has 0 heterocycles. The number of carbonyl (C=O) groups excluding carboxylic acids is 2. The van der Waals surface area contributed by atoms with E-state index in [2.05, 4.69) is 0 Å². The average Bonchev–Trinajstić information content (AvgIpc) is 3.03. The molecule has 78 valence electrons. The molecule has 1 saturated carbocycles. The van der Waals surface area contributed by atoms with Crippen LogP contribution in [0.3, 0.4) is 0 Å². The number of ketones is 2. The normalized spacial score (nSPS) is 15.1. The van der Waals surface area contributed by atoms with Crippen LogP contribution in [0.1, 0.15) is 23.2 Å². The van der Waals surface area contributed by atoms with Crippen molar-refractivity contribution < 1.29 is 18.4 Å². The van der Waals surface area contributed by atoms with Crippen molar-refractivity contribution in [2.75, 3.05) is 0 Å². The molecule has 0 aromatic heterocycles. The van der Waals surface area contributed by atoms with Crippen LogP contribution in [0.5, 0.6) is 0 Å². The monoisotopic (exact) mass is 210 g/mol. The Morgan fingerprint density at radius 3 is 2.33 bits per heavy atom. The zero-order valence-corrected chi connectivity index (χ0v) is 7.80. The topological polar surface area (TPSA) is 34.1 Å². The minimum absolute atomic E-state index is 0.0780. The average molecular weight is 210 g/mol. The molecule has 1 aromatic carbocycles. The fourth-order valence-electron chi connectivity index (χ4n) is 1.31. The van der Waals surface area contributed by atoms with Crippen LogP contribution in [-0.4, -0.2) is 11.6 Å². The molecule has 0 N–H and O–H groups in total. The maximum Gasteiger partial charge on any atom is 0.228 e. The van der Waals surface area contributed by atoms with Crippen molar-refractivity contribution in [3.63, 3.8) is 0 Å². The van der Waals surface area contributed by atoms with Crippen LogP contribution < -0.4 is 0 Å². The number of hydrogen-bond donors (Lipinski definition) is 0. The fraction of sp³-hybridized carbons (Fsp3) is 0.273. The van der Waals surface area contributed by atoms with Gasteiger partial charge in [-0.1, -0.05) is 0 Å². The van der Waals surface area contributed by atoms with Gasteiger partial charge in [-0.25, -0.2) is 8.78 Å². The van der Waals surface area contributed by atoms with Crippen LogP contribution in [-0.2, 0) is 4.79 Å². The minimum atomic E-state index is -1.11. The van der Waals surface area contributed by atoms with E-state index in [1.807, 2.05) is 0 Å². The van der Waals surface area contributed by atoms with E-state index in [0.29, 0.717) is 12.8 Å². The Balaban J connectivity index is 2.25. The summed E-state index contributed by atoms with van der Waals surface area (Å²) in [6, 6.07) is 2.74. The molecule has 0 radical (unpaired) electrons. The van der Waals surface area contributed by atoms with Crippen LogP contribution in [0.2, 0.25) is 0 Å². The molecule has 0 aliphatic heterocycles. The molecule has 1 aliphatic rings. The smallest absolute Gasteiger partial charge is 0.228 e. The summed E-state index contributed by atoms with van der Waals surface area (Å²) in [6.07, 6.45) is 1.43. The fourth-order valence-corrected chi connectivity index (χ4v) is 1.31. The SMILES string of the molecule is O=C(C(=O)C1CC1)c1ccc(F)c(F)c1. The van der Waals surface area contributed by atoms with Crippen LogP contribution >= 0.6 is 0 Å². The minimum Gasteiger partial charge on any atom is -0.290 e. The second-order valence-corrected chi connectivity index (χ2v) is 3.60. The number of Topliss-reactive ketones (excluding diaryl/α,β-unsaturated/α-hetero) is 2. The Kier molecular flexibility index (Phi) is 2.34. The van der Waals surface area contributed by atoms with Gasteiger partial charge in [0.15, 0.2) is 11.6 Å². The maximum atomic E-state index is 12.8. The van der Waals surface area contributed by atoms with Crippen molar-refractivity contribution >= 4 is 11.6 Å². The molecule has 0 bridgehead atoms. The van der Waals surface area contributed by atoms with Gasteiger partial charge in [-0.2, -0.15) is 0 Å². The van der Waals surface area contributed by atoms with Gasteiger partial charge in [0.25, 0.3) is 0 Å². The molecule has 0 amide bonds. The van der Waals surface area contributed by atoms with Gasteiger partial charge in [0.1, 0.15) is 0 Å². The Labute approximate surface area is 84.9 Å². The van der Waals surface area contributed by atoms with Gasteiger partial charge < -0.3 is 0 Å². The Morgan fingerprint density at radius 2 is 1.80 bits per heavy atom. The molecule has 1 fully saturated rings. The first kappa shape index (κ1) is 9.96. The lowest BCUT2D eigenvalue weighted by Crippen LogP contribution is -2.16.